The molecule has 0 aliphatic carbocycles. The van der Waals surface area contributed by atoms with Gasteiger partial charge >= 0.3 is 0 Å². The highest BCUT2D eigenvalue weighted by Crippen LogP contribution is 2.25. The van der Waals surface area contributed by atoms with Crippen LogP contribution in [0.4, 0.5) is 11.4 Å². The number of carbonyl (C=O) groups excluding carboxylic acids is 1. The van der Waals surface area contributed by atoms with E-state index >= 15 is 0 Å². The second kappa shape index (κ2) is 8.86. The molecule has 0 spiro atoms. The summed E-state index contributed by atoms with van der Waals surface area (Å²) >= 11 is 11.9. The number of hydrogen-bond donors (Lipinski definition) is 1. The fourth-order valence-electron chi connectivity index (χ4n) is 2.80. The predicted octanol–water partition coefficient (Wildman–Crippen LogP) is 5.46. The molecule has 0 saturated carbocycles. The van der Waals surface area contributed by atoms with E-state index in [-0.39, 0.29) is 15.5 Å². The lowest BCUT2D eigenvalue weighted by Crippen LogP contribution is -2.30. The third-order valence-electron chi connectivity index (χ3n) is 4.21. The van der Waals surface area contributed by atoms with Crippen LogP contribution in [0.5, 0.6) is 0 Å². The number of nitrogens with zero attached hydrogens (tertiary/aromatic N) is 1. The summed E-state index contributed by atoms with van der Waals surface area (Å²) in [5.41, 5.74) is 1.31. The van der Waals surface area contributed by atoms with E-state index in [1.165, 1.54) is 40.7 Å². The van der Waals surface area contributed by atoms with Crippen molar-refractivity contribution in [3.63, 3.8) is 0 Å². The predicted molar refractivity (Wildman–Crippen MR) is 118 cm³/mol. The smallest absolute Gasteiger partial charge is 0.264 e. The standard InChI is InChI=1S/C21H18Cl2N2O3S/c1-2-25(17-6-4-3-5-7-17)29(27,28)18-11-9-16(10-12-18)24-21(26)19-13-8-15(22)14-20(19)23/h3-14H,2H2,1H3,(H,24,26). The van der Waals surface area contributed by atoms with Crippen LogP contribution in [-0.2, 0) is 10.0 Å². The second-order valence-electron chi connectivity index (χ2n) is 6.11. The van der Waals surface area contributed by atoms with Gasteiger partial charge in [-0.25, -0.2) is 8.42 Å². The first-order valence-electron chi connectivity index (χ1n) is 8.77. The van der Waals surface area contributed by atoms with Crippen LogP contribution in [0.1, 0.15) is 17.3 Å². The summed E-state index contributed by atoms with van der Waals surface area (Å²) in [6.07, 6.45) is 0. The van der Waals surface area contributed by atoms with Crippen LogP contribution in [0.25, 0.3) is 0 Å². The molecular weight excluding hydrogens is 431 g/mol. The minimum absolute atomic E-state index is 0.130. The van der Waals surface area contributed by atoms with Crippen LogP contribution in [0, 0.1) is 0 Å². The first-order valence-corrected chi connectivity index (χ1v) is 11.0. The topological polar surface area (TPSA) is 66.5 Å². The van der Waals surface area contributed by atoms with Crippen LogP contribution in [0.3, 0.4) is 0 Å². The lowest BCUT2D eigenvalue weighted by Gasteiger charge is -2.23. The fraction of sp³-hybridized carbons (Fsp3) is 0.0952. The first kappa shape index (κ1) is 21.2. The maximum absolute atomic E-state index is 13.0. The van der Waals surface area contributed by atoms with E-state index in [9.17, 15) is 13.2 Å². The number of amides is 1. The van der Waals surface area contributed by atoms with Crippen LogP contribution in [0.15, 0.2) is 77.7 Å². The van der Waals surface area contributed by atoms with Gasteiger partial charge in [0.15, 0.2) is 0 Å². The Kier molecular flexibility index (Phi) is 6.47. The molecule has 0 aliphatic rings. The zero-order valence-corrected chi connectivity index (χ0v) is 17.8. The van der Waals surface area contributed by atoms with Gasteiger partial charge in [0, 0.05) is 17.3 Å². The number of rotatable bonds is 6. The van der Waals surface area contributed by atoms with E-state index in [2.05, 4.69) is 5.32 Å². The number of hydrogen-bond acceptors (Lipinski definition) is 3. The molecule has 3 rings (SSSR count). The molecule has 29 heavy (non-hydrogen) atoms. The molecule has 1 amide bonds. The number of anilines is 2. The normalized spacial score (nSPS) is 11.1. The number of halogens is 2. The average Bonchev–Trinajstić information content (AvgIpc) is 2.69. The maximum Gasteiger partial charge on any atom is 0.264 e. The molecular formula is C21H18Cl2N2O3S. The Bertz CT molecular complexity index is 1120. The molecule has 0 radical (unpaired) electrons. The van der Waals surface area contributed by atoms with Crippen molar-refractivity contribution in [2.24, 2.45) is 0 Å². The molecule has 1 N–H and O–H groups in total. The Morgan fingerprint density at radius 3 is 2.21 bits per heavy atom. The summed E-state index contributed by atoms with van der Waals surface area (Å²) in [6, 6.07) is 19.4. The van der Waals surface area contributed by atoms with Crippen molar-refractivity contribution in [2.45, 2.75) is 11.8 Å². The van der Waals surface area contributed by atoms with Gasteiger partial charge in [0.1, 0.15) is 0 Å². The lowest BCUT2D eigenvalue weighted by molar-refractivity contribution is 0.102. The number of carbonyl (C=O) groups is 1. The molecule has 0 unspecified atom stereocenters. The number of nitrogens with one attached hydrogen (secondary N) is 1. The highest BCUT2D eigenvalue weighted by Gasteiger charge is 2.23. The Morgan fingerprint density at radius 1 is 0.966 bits per heavy atom. The molecule has 0 saturated heterocycles. The van der Waals surface area contributed by atoms with E-state index in [0.29, 0.717) is 22.9 Å². The maximum atomic E-state index is 13.0. The van der Waals surface area contributed by atoms with E-state index in [4.69, 9.17) is 23.2 Å². The van der Waals surface area contributed by atoms with Crippen molar-refractivity contribution in [2.75, 3.05) is 16.2 Å². The first-order chi connectivity index (χ1) is 13.8. The quantitative estimate of drug-likeness (QED) is 0.544. The monoisotopic (exact) mass is 448 g/mol. The van der Waals surface area contributed by atoms with Crippen LogP contribution >= 0.6 is 23.2 Å². The van der Waals surface area contributed by atoms with Crippen LogP contribution < -0.4 is 9.62 Å². The Hall–Kier alpha value is -2.54. The summed E-state index contributed by atoms with van der Waals surface area (Å²) in [5.74, 6) is -0.415. The summed E-state index contributed by atoms with van der Waals surface area (Å²) in [4.78, 5) is 12.5. The van der Waals surface area contributed by atoms with Crippen molar-refractivity contribution in [3.8, 4) is 0 Å². The van der Waals surface area contributed by atoms with Crippen molar-refractivity contribution in [3.05, 3.63) is 88.4 Å². The van der Waals surface area contributed by atoms with E-state index in [1.54, 1.807) is 37.3 Å². The zero-order chi connectivity index (χ0) is 21.0. The SMILES string of the molecule is CCN(c1ccccc1)S(=O)(=O)c1ccc(NC(=O)c2ccc(Cl)cc2Cl)cc1. The van der Waals surface area contributed by atoms with Crippen molar-refractivity contribution in [1.29, 1.82) is 0 Å². The third-order valence-corrected chi connectivity index (χ3v) is 6.67. The number of sulfonamides is 1. The van der Waals surface area contributed by atoms with Gasteiger partial charge in [0.05, 0.1) is 21.2 Å². The van der Waals surface area contributed by atoms with Gasteiger partial charge in [-0.05, 0) is 61.5 Å². The summed E-state index contributed by atoms with van der Waals surface area (Å²) in [6.45, 7) is 2.06. The molecule has 0 heterocycles. The van der Waals surface area contributed by atoms with E-state index in [0.717, 1.165) is 0 Å². The molecule has 8 heteroatoms. The van der Waals surface area contributed by atoms with Gasteiger partial charge in [-0.3, -0.25) is 9.10 Å². The van der Waals surface area contributed by atoms with Gasteiger partial charge in [-0.1, -0.05) is 41.4 Å². The molecule has 0 aliphatic heterocycles. The Balaban J connectivity index is 1.81. The van der Waals surface area contributed by atoms with Gasteiger partial charge < -0.3 is 5.32 Å². The molecule has 3 aromatic carbocycles. The van der Waals surface area contributed by atoms with Crippen LogP contribution in [-0.4, -0.2) is 20.9 Å². The van der Waals surface area contributed by atoms with Gasteiger partial charge in [0.25, 0.3) is 15.9 Å². The largest absolute Gasteiger partial charge is 0.322 e. The Morgan fingerprint density at radius 2 is 1.62 bits per heavy atom. The van der Waals surface area contributed by atoms with Crippen molar-refractivity contribution in [1.82, 2.24) is 0 Å². The molecule has 0 fully saturated rings. The molecule has 0 bridgehead atoms. The minimum atomic E-state index is -3.73. The molecule has 3 aromatic rings. The number of benzene rings is 3. The van der Waals surface area contributed by atoms with Crippen LogP contribution in [0.2, 0.25) is 10.0 Å². The summed E-state index contributed by atoms with van der Waals surface area (Å²) in [5, 5.41) is 3.36. The molecule has 150 valence electrons. The van der Waals surface area contributed by atoms with E-state index < -0.39 is 15.9 Å². The van der Waals surface area contributed by atoms with Gasteiger partial charge in [-0.2, -0.15) is 0 Å². The van der Waals surface area contributed by atoms with E-state index in [1.807, 2.05) is 6.07 Å². The number of para-hydroxylation sites is 1. The third kappa shape index (κ3) is 4.72. The zero-order valence-electron chi connectivity index (χ0n) is 15.5. The van der Waals surface area contributed by atoms with Crippen molar-refractivity contribution >= 4 is 50.5 Å². The summed E-state index contributed by atoms with van der Waals surface area (Å²) < 4.78 is 27.3. The molecule has 0 aromatic heterocycles. The second-order valence-corrected chi connectivity index (χ2v) is 8.81. The highest BCUT2D eigenvalue weighted by atomic mass is 35.5. The Labute approximate surface area is 179 Å². The van der Waals surface area contributed by atoms with Crippen molar-refractivity contribution < 1.29 is 13.2 Å². The minimum Gasteiger partial charge on any atom is -0.322 e. The average molecular weight is 449 g/mol. The summed E-state index contributed by atoms with van der Waals surface area (Å²) in [7, 11) is -3.73. The highest BCUT2D eigenvalue weighted by molar-refractivity contribution is 7.92. The van der Waals surface area contributed by atoms with Gasteiger partial charge in [-0.15, -0.1) is 0 Å². The lowest BCUT2D eigenvalue weighted by atomic mass is 10.2. The molecule has 0 atom stereocenters. The van der Waals surface area contributed by atoms with Gasteiger partial charge in [0.2, 0.25) is 0 Å². The molecule has 5 nitrogen and oxygen atoms in total. The fourth-order valence-corrected chi connectivity index (χ4v) is 4.76.